The summed E-state index contributed by atoms with van der Waals surface area (Å²) in [5.41, 5.74) is 2.03. The van der Waals surface area contributed by atoms with Crippen molar-refractivity contribution in [3.8, 4) is 0 Å². The molecule has 2 aromatic heterocycles. The molecule has 23 heavy (non-hydrogen) atoms. The number of hydrogen-bond acceptors (Lipinski definition) is 5. The Morgan fingerprint density at radius 1 is 1.26 bits per heavy atom. The molecule has 0 aliphatic carbocycles. The Morgan fingerprint density at radius 3 is 2.83 bits per heavy atom. The highest BCUT2D eigenvalue weighted by atomic mass is 32.1. The monoisotopic (exact) mass is 327 g/mol. The predicted molar refractivity (Wildman–Crippen MR) is 88.3 cm³/mol. The summed E-state index contributed by atoms with van der Waals surface area (Å²) < 4.78 is 5.20. The molecule has 0 unspecified atom stereocenters. The van der Waals surface area contributed by atoms with Crippen LogP contribution in [0.15, 0.2) is 52.5 Å². The molecule has 6 heteroatoms. The molecule has 0 bridgehead atoms. The van der Waals surface area contributed by atoms with E-state index in [0.717, 1.165) is 23.5 Å². The zero-order chi connectivity index (χ0) is 16.1. The average molecular weight is 327 g/mol. The van der Waals surface area contributed by atoms with Gasteiger partial charge in [-0.2, -0.15) is 0 Å². The van der Waals surface area contributed by atoms with Gasteiger partial charge in [-0.3, -0.25) is 4.79 Å². The van der Waals surface area contributed by atoms with E-state index in [9.17, 15) is 4.79 Å². The molecule has 2 heterocycles. The van der Waals surface area contributed by atoms with Gasteiger partial charge in [-0.05, 0) is 18.4 Å². The zero-order valence-corrected chi connectivity index (χ0v) is 13.6. The van der Waals surface area contributed by atoms with E-state index in [2.05, 4.69) is 22.3 Å². The minimum absolute atomic E-state index is 0.182. The highest BCUT2D eigenvalue weighted by Gasteiger charge is 2.18. The van der Waals surface area contributed by atoms with Crippen LogP contribution in [0.4, 0.5) is 0 Å². The lowest BCUT2D eigenvalue weighted by molar-refractivity contribution is 0.0743. The van der Waals surface area contributed by atoms with Crippen molar-refractivity contribution in [2.45, 2.75) is 19.4 Å². The van der Waals surface area contributed by atoms with E-state index >= 15 is 0 Å². The highest BCUT2D eigenvalue weighted by molar-refractivity contribution is 7.09. The molecule has 0 radical (unpaired) electrons. The van der Waals surface area contributed by atoms with Gasteiger partial charge >= 0.3 is 0 Å². The SMILES string of the molecule is CN(Cc1nccs1)C(=O)c1cc(CCc2ccccc2)no1. The van der Waals surface area contributed by atoms with Crippen molar-refractivity contribution in [1.29, 1.82) is 0 Å². The Morgan fingerprint density at radius 2 is 2.09 bits per heavy atom. The van der Waals surface area contributed by atoms with Gasteiger partial charge in [0.2, 0.25) is 5.76 Å². The Hall–Kier alpha value is -2.47. The Bertz CT molecular complexity index is 753. The third-order valence-electron chi connectivity index (χ3n) is 3.48. The lowest BCUT2D eigenvalue weighted by Crippen LogP contribution is -2.25. The number of hydrogen-bond donors (Lipinski definition) is 0. The Balaban J connectivity index is 1.58. The zero-order valence-electron chi connectivity index (χ0n) is 12.8. The van der Waals surface area contributed by atoms with Crippen LogP contribution >= 0.6 is 11.3 Å². The van der Waals surface area contributed by atoms with E-state index in [4.69, 9.17) is 4.52 Å². The van der Waals surface area contributed by atoms with Gasteiger partial charge in [-0.15, -0.1) is 11.3 Å². The van der Waals surface area contributed by atoms with Crippen molar-refractivity contribution in [1.82, 2.24) is 15.0 Å². The number of rotatable bonds is 6. The fourth-order valence-electron chi connectivity index (χ4n) is 2.24. The van der Waals surface area contributed by atoms with Crippen molar-refractivity contribution in [2.24, 2.45) is 0 Å². The molecule has 1 aromatic carbocycles. The molecule has 0 saturated carbocycles. The molecule has 3 rings (SSSR count). The van der Waals surface area contributed by atoms with Gasteiger partial charge in [0, 0.05) is 24.7 Å². The number of benzene rings is 1. The molecule has 118 valence electrons. The van der Waals surface area contributed by atoms with E-state index in [1.54, 1.807) is 24.2 Å². The predicted octanol–water partition coefficient (Wildman–Crippen LogP) is 3.19. The van der Waals surface area contributed by atoms with E-state index < -0.39 is 0 Å². The first-order chi connectivity index (χ1) is 11.2. The van der Waals surface area contributed by atoms with Crippen LogP contribution in [-0.4, -0.2) is 28.0 Å². The van der Waals surface area contributed by atoms with Crippen LogP contribution < -0.4 is 0 Å². The smallest absolute Gasteiger partial charge is 0.292 e. The maximum absolute atomic E-state index is 12.3. The van der Waals surface area contributed by atoms with Crippen LogP contribution in [0.3, 0.4) is 0 Å². The van der Waals surface area contributed by atoms with Gasteiger partial charge in [0.15, 0.2) is 0 Å². The molecule has 0 aliphatic rings. The van der Waals surface area contributed by atoms with Crippen molar-refractivity contribution in [3.63, 3.8) is 0 Å². The third kappa shape index (κ3) is 4.04. The van der Waals surface area contributed by atoms with E-state index in [0.29, 0.717) is 6.54 Å². The molecule has 0 spiro atoms. The van der Waals surface area contributed by atoms with E-state index in [-0.39, 0.29) is 11.7 Å². The molecule has 3 aromatic rings. The van der Waals surface area contributed by atoms with Crippen LogP contribution in [0.2, 0.25) is 0 Å². The van der Waals surface area contributed by atoms with Crippen LogP contribution in [0.5, 0.6) is 0 Å². The second kappa shape index (κ2) is 7.19. The Kier molecular flexibility index (Phi) is 4.83. The summed E-state index contributed by atoms with van der Waals surface area (Å²) >= 11 is 1.52. The number of amides is 1. The molecular formula is C17H17N3O2S. The van der Waals surface area contributed by atoms with E-state index in [1.165, 1.54) is 16.9 Å². The highest BCUT2D eigenvalue weighted by Crippen LogP contribution is 2.13. The molecular weight excluding hydrogens is 310 g/mol. The minimum Gasteiger partial charge on any atom is -0.351 e. The minimum atomic E-state index is -0.182. The molecule has 0 aliphatic heterocycles. The summed E-state index contributed by atoms with van der Waals surface area (Å²) in [6, 6.07) is 11.9. The topological polar surface area (TPSA) is 59.2 Å². The lowest BCUT2D eigenvalue weighted by Gasteiger charge is -2.12. The number of carbonyl (C=O) groups is 1. The fraction of sp³-hybridized carbons (Fsp3) is 0.235. The number of aromatic nitrogens is 2. The molecule has 0 N–H and O–H groups in total. The van der Waals surface area contributed by atoms with Gasteiger partial charge in [-0.25, -0.2) is 4.98 Å². The molecule has 5 nitrogen and oxygen atoms in total. The normalized spacial score (nSPS) is 10.7. The summed E-state index contributed by atoms with van der Waals surface area (Å²) in [5.74, 6) is 0.0887. The van der Waals surface area contributed by atoms with Crippen LogP contribution in [-0.2, 0) is 19.4 Å². The second-order valence-electron chi connectivity index (χ2n) is 5.26. The number of aryl methyl sites for hydroxylation is 2. The van der Waals surface area contributed by atoms with Gasteiger partial charge in [0.25, 0.3) is 5.91 Å². The van der Waals surface area contributed by atoms with Gasteiger partial charge in [-0.1, -0.05) is 35.5 Å². The van der Waals surface area contributed by atoms with Gasteiger partial charge < -0.3 is 9.42 Å². The van der Waals surface area contributed by atoms with Crippen molar-refractivity contribution < 1.29 is 9.32 Å². The number of carbonyl (C=O) groups excluding carboxylic acids is 1. The largest absolute Gasteiger partial charge is 0.351 e. The van der Waals surface area contributed by atoms with Crippen molar-refractivity contribution in [2.75, 3.05) is 7.05 Å². The first-order valence-electron chi connectivity index (χ1n) is 7.36. The molecule has 1 amide bonds. The first kappa shape index (κ1) is 15.4. The summed E-state index contributed by atoms with van der Waals surface area (Å²) in [7, 11) is 1.73. The van der Waals surface area contributed by atoms with E-state index in [1.807, 2.05) is 23.6 Å². The first-order valence-corrected chi connectivity index (χ1v) is 8.23. The van der Waals surface area contributed by atoms with Crippen LogP contribution in [0.25, 0.3) is 0 Å². The van der Waals surface area contributed by atoms with Crippen LogP contribution in [0, 0.1) is 0 Å². The summed E-state index contributed by atoms with van der Waals surface area (Å²) in [5, 5.41) is 6.78. The number of nitrogens with zero attached hydrogens (tertiary/aromatic N) is 3. The summed E-state index contributed by atoms with van der Waals surface area (Å²) in [6.07, 6.45) is 3.35. The maximum atomic E-state index is 12.3. The third-order valence-corrected chi connectivity index (χ3v) is 4.25. The summed E-state index contributed by atoms with van der Waals surface area (Å²) in [4.78, 5) is 18.1. The number of thiazole rings is 1. The van der Waals surface area contributed by atoms with Crippen LogP contribution in [0.1, 0.15) is 26.8 Å². The second-order valence-corrected chi connectivity index (χ2v) is 6.23. The lowest BCUT2D eigenvalue weighted by atomic mass is 10.1. The fourth-order valence-corrected chi connectivity index (χ4v) is 2.91. The molecule has 0 saturated heterocycles. The average Bonchev–Trinajstić information content (AvgIpc) is 3.25. The Labute approximate surface area is 138 Å². The van der Waals surface area contributed by atoms with Gasteiger partial charge in [0.1, 0.15) is 5.01 Å². The van der Waals surface area contributed by atoms with Gasteiger partial charge in [0.05, 0.1) is 12.2 Å². The molecule has 0 atom stereocenters. The standard InChI is InChI=1S/C17H17N3O2S/c1-20(12-16-18-9-10-23-16)17(21)15-11-14(19-22-15)8-7-13-5-3-2-4-6-13/h2-6,9-11H,7-8,12H2,1H3. The maximum Gasteiger partial charge on any atom is 0.292 e. The quantitative estimate of drug-likeness (QED) is 0.697. The molecule has 0 fully saturated rings. The summed E-state index contributed by atoms with van der Waals surface area (Å²) in [6.45, 7) is 0.469. The van der Waals surface area contributed by atoms with Crippen molar-refractivity contribution >= 4 is 17.2 Å². The van der Waals surface area contributed by atoms with Crippen molar-refractivity contribution in [3.05, 3.63) is 70.0 Å².